The van der Waals surface area contributed by atoms with Gasteiger partial charge in [0.05, 0.1) is 7.11 Å². The summed E-state index contributed by atoms with van der Waals surface area (Å²) in [6.45, 7) is 2.23. The lowest BCUT2D eigenvalue weighted by atomic mass is 10.1. The first-order chi connectivity index (χ1) is 7.27. The van der Waals surface area contributed by atoms with Crippen LogP contribution in [0.25, 0.3) is 0 Å². The van der Waals surface area contributed by atoms with E-state index in [2.05, 4.69) is 13.0 Å². The fraction of sp³-hybridized carbons (Fsp3) is 0.667. The van der Waals surface area contributed by atoms with E-state index in [9.17, 15) is 0 Å². The largest absolute Gasteiger partial charge is 0.496 e. The Morgan fingerprint density at radius 2 is 2.20 bits per heavy atom. The van der Waals surface area contributed by atoms with Crippen molar-refractivity contribution in [1.29, 1.82) is 0 Å². The second-order valence-corrected chi connectivity index (χ2v) is 4.79. The summed E-state index contributed by atoms with van der Waals surface area (Å²) in [7, 11) is 1.69. The molecule has 0 fully saturated rings. The van der Waals surface area contributed by atoms with Crippen molar-refractivity contribution in [3.8, 4) is 5.75 Å². The zero-order valence-corrected chi connectivity index (χ0v) is 10.5. The van der Waals surface area contributed by atoms with E-state index in [-0.39, 0.29) is 6.04 Å². The molecular weight excluding hydrogens is 206 g/mol. The monoisotopic (exact) mass is 227 g/mol. The quantitative estimate of drug-likeness (QED) is 0.720. The molecule has 86 valence electrons. The molecule has 1 atom stereocenters. The van der Waals surface area contributed by atoms with Crippen LogP contribution in [0.1, 0.15) is 49.9 Å². The van der Waals surface area contributed by atoms with Crippen molar-refractivity contribution >= 4 is 11.3 Å². The van der Waals surface area contributed by atoms with E-state index >= 15 is 0 Å². The molecule has 0 aromatic carbocycles. The van der Waals surface area contributed by atoms with Crippen molar-refractivity contribution in [3.63, 3.8) is 0 Å². The molecule has 0 spiro atoms. The molecule has 0 saturated heterocycles. The third-order valence-electron chi connectivity index (χ3n) is 2.57. The van der Waals surface area contributed by atoms with Gasteiger partial charge in [0.2, 0.25) is 0 Å². The number of rotatable bonds is 7. The average molecular weight is 227 g/mol. The molecule has 3 heteroatoms. The van der Waals surface area contributed by atoms with Crippen LogP contribution in [0.15, 0.2) is 11.4 Å². The lowest BCUT2D eigenvalue weighted by Crippen LogP contribution is -2.08. The van der Waals surface area contributed by atoms with Crippen LogP contribution in [0, 0.1) is 0 Å². The normalized spacial score (nSPS) is 12.7. The zero-order chi connectivity index (χ0) is 11.1. The van der Waals surface area contributed by atoms with Gasteiger partial charge in [0, 0.05) is 16.3 Å². The molecule has 0 aliphatic rings. The number of hydrogen-bond acceptors (Lipinski definition) is 3. The summed E-state index contributed by atoms with van der Waals surface area (Å²) in [6, 6.07) is 2.24. The highest BCUT2D eigenvalue weighted by molar-refractivity contribution is 7.10. The lowest BCUT2D eigenvalue weighted by Gasteiger charge is -2.08. The van der Waals surface area contributed by atoms with Crippen LogP contribution in [-0.2, 0) is 0 Å². The van der Waals surface area contributed by atoms with Crippen molar-refractivity contribution in [2.75, 3.05) is 7.11 Å². The number of hydrogen-bond donors (Lipinski definition) is 1. The first kappa shape index (κ1) is 12.5. The predicted octanol–water partition coefficient (Wildman–Crippen LogP) is 3.73. The van der Waals surface area contributed by atoms with E-state index in [0.717, 1.165) is 12.2 Å². The van der Waals surface area contributed by atoms with Gasteiger partial charge in [-0.15, -0.1) is 11.3 Å². The third kappa shape index (κ3) is 4.22. The molecule has 0 aliphatic carbocycles. The summed E-state index contributed by atoms with van der Waals surface area (Å²) >= 11 is 1.70. The maximum atomic E-state index is 6.10. The van der Waals surface area contributed by atoms with Gasteiger partial charge in [0.25, 0.3) is 0 Å². The summed E-state index contributed by atoms with van der Waals surface area (Å²) in [5.41, 5.74) is 6.10. The highest BCUT2D eigenvalue weighted by Gasteiger charge is 2.08. The molecule has 1 aromatic heterocycles. The number of thiophene rings is 1. The second-order valence-electron chi connectivity index (χ2n) is 3.84. The smallest absolute Gasteiger partial charge is 0.129 e. The van der Waals surface area contributed by atoms with Crippen molar-refractivity contribution in [3.05, 3.63) is 16.3 Å². The Kier molecular flexibility index (Phi) is 5.73. The molecule has 2 N–H and O–H groups in total. The van der Waals surface area contributed by atoms with E-state index < -0.39 is 0 Å². The van der Waals surface area contributed by atoms with Crippen LogP contribution in [0.5, 0.6) is 5.75 Å². The minimum Gasteiger partial charge on any atom is -0.496 e. The van der Waals surface area contributed by atoms with Gasteiger partial charge in [-0.05, 0) is 12.5 Å². The maximum absolute atomic E-state index is 6.10. The van der Waals surface area contributed by atoms with E-state index in [1.807, 2.05) is 5.38 Å². The number of nitrogens with two attached hydrogens (primary N) is 1. The Balaban J connectivity index is 2.29. The molecule has 0 amide bonds. The zero-order valence-electron chi connectivity index (χ0n) is 9.66. The van der Waals surface area contributed by atoms with Gasteiger partial charge in [-0.1, -0.05) is 32.6 Å². The van der Waals surface area contributed by atoms with Gasteiger partial charge < -0.3 is 10.5 Å². The highest BCUT2D eigenvalue weighted by atomic mass is 32.1. The standard InChI is InChI=1S/C12H21NOS/c1-3-4-5-6-7-11(13)12-8-10(14-2)9-15-12/h8-9,11H,3-7,13H2,1-2H3. The predicted molar refractivity (Wildman–Crippen MR) is 66.6 cm³/mol. The van der Waals surface area contributed by atoms with Gasteiger partial charge >= 0.3 is 0 Å². The molecule has 2 nitrogen and oxygen atoms in total. The van der Waals surface area contributed by atoms with Gasteiger partial charge in [-0.2, -0.15) is 0 Å². The Morgan fingerprint density at radius 3 is 2.80 bits per heavy atom. The molecule has 1 unspecified atom stereocenters. The van der Waals surface area contributed by atoms with E-state index in [1.54, 1.807) is 18.4 Å². The highest BCUT2D eigenvalue weighted by Crippen LogP contribution is 2.28. The molecule has 1 rings (SSSR count). The molecule has 1 aromatic rings. The molecular formula is C12H21NOS. The molecule has 0 bridgehead atoms. The summed E-state index contributed by atoms with van der Waals surface area (Å²) in [6.07, 6.45) is 6.22. The van der Waals surface area contributed by atoms with Crippen LogP contribution < -0.4 is 10.5 Å². The van der Waals surface area contributed by atoms with Crippen LogP contribution in [-0.4, -0.2) is 7.11 Å². The van der Waals surface area contributed by atoms with Crippen molar-refractivity contribution in [2.45, 2.75) is 45.1 Å². The van der Waals surface area contributed by atoms with Crippen molar-refractivity contribution < 1.29 is 4.74 Å². The van der Waals surface area contributed by atoms with E-state index in [0.29, 0.717) is 0 Å². The summed E-state index contributed by atoms with van der Waals surface area (Å²) < 4.78 is 5.14. The summed E-state index contributed by atoms with van der Waals surface area (Å²) in [5, 5.41) is 2.02. The molecule has 1 heterocycles. The number of unbranched alkanes of at least 4 members (excludes halogenated alkanes) is 3. The molecule has 0 saturated carbocycles. The van der Waals surface area contributed by atoms with Crippen molar-refractivity contribution in [1.82, 2.24) is 0 Å². The van der Waals surface area contributed by atoms with Gasteiger partial charge in [-0.3, -0.25) is 0 Å². The van der Waals surface area contributed by atoms with Crippen LogP contribution in [0.3, 0.4) is 0 Å². The fourth-order valence-corrected chi connectivity index (χ4v) is 2.46. The second kappa shape index (κ2) is 6.85. The average Bonchev–Trinajstić information content (AvgIpc) is 2.72. The van der Waals surface area contributed by atoms with Crippen LogP contribution in [0.4, 0.5) is 0 Å². The number of ether oxygens (including phenoxy) is 1. The Labute approximate surface area is 96.4 Å². The van der Waals surface area contributed by atoms with Crippen LogP contribution in [0.2, 0.25) is 0 Å². The van der Waals surface area contributed by atoms with Gasteiger partial charge in [-0.25, -0.2) is 0 Å². The maximum Gasteiger partial charge on any atom is 0.129 e. The SMILES string of the molecule is CCCCCCC(N)c1cc(OC)cs1. The van der Waals surface area contributed by atoms with Crippen molar-refractivity contribution in [2.24, 2.45) is 5.73 Å². The fourth-order valence-electron chi connectivity index (χ4n) is 1.57. The first-order valence-electron chi connectivity index (χ1n) is 5.66. The Morgan fingerprint density at radius 1 is 1.40 bits per heavy atom. The van der Waals surface area contributed by atoms with E-state index in [4.69, 9.17) is 10.5 Å². The molecule has 0 radical (unpaired) electrons. The molecule has 15 heavy (non-hydrogen) atoms. The van der Waals surface area contributed by atoms with Crippen LogP contribution >= 0.6 is 11.3 Å². The minimum atomic E-state index is 0.191. The first-order valence-corrected chi connectivity index (χ1v) is 6.54. The molecule has 0 aliphatic heterocycles. The topological polar surface area (TPSA) is 35.2 Å². The summed E-state index contributed by atoms with van der Waals surface area (Å²) in [4.78, 5) is 1.24. The number of methoxy groups -OCH3 is 1. The van der Waals surface area contributed by atoms with Gasteiger partial charge in [0.1, 0.15) is 5.75 Å². The Hall–Kier alpha value is -0.540. The summed E-state index contributed by atoms with van der Waals surface area (Å²) in [5.74, 6) is 0.930. The van der Waals surface area contributed by atoms with E-state index in [1.165, 1.54) is 30.6 Å². The Bertz CT molecular complexity index is 272. The lowest BCUT2D eigenvalue weighted by molar-refractivity contribution is 0.416. The van der Waals surface area contributed by atoms with Gasteiger partial charge in [0.15, 0.2) is 0 Å². The minimum absolute atomic E-state index is 0.191. The third-order valence-corrected chi connectivity index (χ3v) is 3.61.